The van der Waals surface area contributed by atoms with Gasteiger partial charge in [-0.3, -0.25) is 0 Å². The molecule has 3 rings (SSSR count). The summed E-state index contributed by atoms with van der Waals surface area (Å²) in [4.78, 5) is 6.81. The second-order valence-electron chi connectivity index (χ2n) is 5.52. The first-order chi connectivity index (χ1) is 10.8. The first-order valence-electron chi connectivity index (χ1n) is 7.74. The fourth-order valence-corrected chi connectivity index (χ4v) is 2.61. The molecule has 1 fully saturated rings. The summed E-state index contributed by atoms with van der Waals surface area (Å²) < 4.78 is 12.9. The van der Waals surface area contributed by atoms with Crippen LogP contribution in [0.25, 0.3) is 0 Å². The normalized spacial score (nSPS) is 15.4. The molecule has 116 valence electrons. The first-order valence-corrected chi connectivity index (χ1v) is 7.74. The molecule has 1 aliphatic heterocycles. The van der Waals surface area contributed by atoms with Gasteiger partial charge < -0.3 is 10.2 Å². The van der Waals surface area contributed by atoms with Crippen molar-refractivity contribution in [2.24, 2.45) is 0 Å². The fraction of sp³-hybridized carbons (Fsp3) is 0.438. The molecule has 0 bridgehead atoms. The second kappa shape index (κ2) is 7.15. The van der Waals surface area contributed by atoms with Crippen molar-refractivity contribution in [2.45, 2.75) is 32.2 Å². The maximum Gasteiger partial charge on any atom is 0.244 e. The summed E-state index contributed by atoms with van der Waals surface area (Å²) in [7, 11) is 0. The van der Waals surface area contributed by atoms with Gasteiger partial charge >= 0.3 is 0 Å². The lowest BCUT2D eigenvalue weighted by atomic mass is 10.2. The smallest absolute Gasteiger partial charge is 0.244 e. The molecule has 1 N–H and O–H groups in total. The number of hydrogen-bond donors (Lipinski definition) is 1. The van der Waals surface area contributed by atoms with Crippen LogP contribution in [0.2, 0.25) is 0 Å². The van der Waals surface area contributed by atoms with E-state index in [1.165, 1.54) is 37.8 Å². The molecule has 0 amide bonds. The van der Waals surface area contributed by atoms with E-state index in [1.807, 2.05) is 0 Å². The first kappa shape index (κ1) is 14.7. The molecule has 2 aromatic rings. The zero-order valence-electron chi connectivity index (χ0n) is 12.5. The number of aromatic nitrogens is 3. The molecule has 0 saturated carbocycles. The van der Waals surface area contributed by atoms with Gasteiger partial charge in [0.2, 0.25) is 5.95 Å². The molecule has 1 saturated heterocycles. The van der Waals surface area contributed by atoms with Gasteiger partial charge in [0.15, 0.2) is 5.82 Å². The second-order valence-corrected chi connectivity index (χ2v) is 5.52. The zero-order valence-corrected chi connectivity index (χ0v) is 12.5. The fourth-order valence-electron chi connectivity index (χ4n) is 2.61. The van der Waals surface area contributed by atoms with Crippen molar-refractivity contribution in [1.29, 1.82) is 0 Å². The Hall–Kier alpha value is -2.24. The van der Waals surface area contributed by atoms with E-state index in [0.717, 1.165) is 24.5 Å². The van der Waals surface area contributed by atoms with Crippen molar-refractivity contribution in [3.8, 4) is 0 Å². The van der Waals surface area contributed by atoms with Crippen molar-refractivity contribution in [1.82, 2.24) is 15.2 Å². The van der Waals surface area contributed by atoms with E-state index >= 15 is 0 Å². The summed E-state index contributed by atoms with van der Waals surface area (Å²) in [5, 5.41) is 11.2. The zero-order chi connectivity index (χ0) is 15.2. The number of hydrogen-bond acceptors (Lipinski definition) is 5. The van der Waals surface area contributed by atoms with E-state index in [4.69, 9.17) is 0 Å². The maximum atomic E-state index is 12.9. The topological polar surface area (TPSA) is 53.9 Å². The SMILES string of the molecule is Fc1ccc(CNc2nncc(N3CCCCCC3)n2)cc1. The van der Waals surface area contributed by atoms with Gasteiger partial charge in [0.05, 0.1) is 6.20 Å². The summed E-state index contributed by atoms with van der Waals surface area (Å²) in [6.07, 6.45) is 6.68. The molecular formula is C16H20FN5. The third-order valence-corrected chi connectivity index (χ3v) is 3.84. The summed E-state index contributed by atoms with van der Waals surface area (Å²) in [6, 6.07) is 6.39. The lowest BCUT2D eigenvalue weighted by Gasteiger charge is -2.20. The minimum absolute atomic E-state index is 0.232. The van der Waals surface area contributed by atoms with Crippen molar-refractivity contribution >= 4 is 11.8 Å². The minimum Gasteiger partial charge on any atom is -0.355 e. The van der Waals surface area contributed by atoms with Crippen LogP contribution in [0.4, 0.5) is 16.2 Å². The van der Waals surface area contributed by atoms with E-state index in [-0.39, 0.29) is 5.82 Å². The lowest BCUT2D eigenvalue weighted by molar-refractivity contribution is 0.627. The largest absolute Gasteiger partial charge is 0.355 e. The van der Waals surface area contributed by atoms with Crippen LogP contribution < -0.4 is 10.2 Å². The molecule has 1 aromatic heterocycles. The Bertz CT molecular complexity index is 594. The van der Waals surface area contributed by atoms with Crippen LogP contribution in [0, 0.1) is 5.82 Å². The van der Waals surface area contributed by atoms with Crippen LogP contribution in [0.5, 0.6) is 0 Å². The van der Waals surface area contributed by atoms with Crippen LogP contribution >= 0.6 is 0 Å². The third-order valence-electron chi connectivity index (χ3n) is 3.84. The highest BCUT2D eigenvalue weighted by Crippen LogP contribution is 2.17. The molecule has 1 aromatic carbocycles. The van der Waals surface area contributed by atoms with Crippen LogP contribution in [0.1, 0.15) is 31.2 Å². The number of halogens is 1. The highest BCUT2D eigenvalue weighted by Gasteiger charge is 2.12. The molecule has 6 heteroatoms. The van der Waals surface area contributed by atoms with Crippen LogP contribution in [-0.2, 0) is 6.54 Å². The Morgan fingerprint density at radius 2 is 1.77 bits per heavy atom. The van der Waals surface area contributed by atoms with E-state index in [2.05, 4.69) is 25.4 Å². The molecule has 2 heterocycles. The Morgan fingerprint density at radius 1 is 1.05 bits per heavy atom. The molecular weight excluding hydrogens is 281 g/mol. The average Bonchev–Trinajstić information content (AvgIpc) is 2.84. The molecule has 5 nitrogen and oxygen atoms in total. The Labute approximate surface area is 129 Å². The quantitative estimate of drug-likeness (QED) is 0.941. The summed E-state index contributed by atoms with van der Waals surface area (Å²) in [5.74, 6) is 1.15. The van der Waals surface area contributed by atoms with Crippen LogP contribution in [0.15, 0.2) is 30.5 Å². The van der Waals surface area contributed by atoms with Gasteiger partial charge in [0, 0.05) is 19.6 Å². The van der Waals surface area contributed by atoms with E-state index in [0.29, 0.717) is 12.5 Å². The monoisotopic (exact) mass is 301 g/mol. The minimum atomic E-state index is -0.232. The molecule has 22 heavy (non-hydrogen) atoms. The van der Waals surface area contributed by atoms with Gasteiger partial charge in [-0.2, -0.15) is 10.1 Å². The van der Waals surface area contributed by atoms with Gasteiger partial charge in [0.1, 0.15) is 5.82 Å². The Kier molecular flexibility index (Phi) is 4.78. The Morgan fingerprint density at radius 3 is 2.50 bits per heavy atom. The van der Waals surface area contributed by atoms with Gasteiger partial charge in [-0.05, 0) is 30.5 Å². The maximum absolute atomic E-state index is 12.9. The van der Waals surface area contributed by atoms with Crippen LogP contribution in [-0.4, -0.2) is 28.3 Å². The highest BCUT2D eigenvalue weighted by atomic mass is 19.1. The lowest BCUT2D eigenvalue weighted by Crippen LogP contribution is -2.25. The number of nitrogens with zero attached hydrogens (tertiary/aromatic N) is 4. The molecule has 0 atom stereocenters. The van der Waals surface area contributed by atoms with Gasteiger partial charge in [0.25, 0.3) is 0 Å². The summed E-state index contributed by atoms with van der Waals surface area (Å²) >= 11 is 0. The number of nitrogens with one attached hydrogen (secondary N) is 1. The third kappa shape index (κ3) is 3.90. The number of anilines is 2. The molecule has 0 radical (unpaired) electrons. The van der Waals surface area contributed by atoms with Crippen molar-refractivity contribution in [2.75, 3.05) is 23.3 Å². The number of rotatable bonds is 4. The highest BCUT2D eigenvalue weighted by molar-refractivity contribution is 5.40. The predicted octanol–water partition coefficient (Wildman–Crippen LogP) is 3.00. The summed E-state index contributed by atoms with van der Waals surface area (Å²) in [6.45, 7) is 2.59. The molecule has 0 spiro atoms. The standard InChI is InChI=1S/C16H20FN5/c17-14-7-5-13(6-8-14)11-18-16-20-15(12-19-21-16)22-9-3-1-2-4-10-22/h5-8,12H,1-4,9-11H2,(H,18,20,21). The van der Waals surface area contributed by atoms with Gasteiger partial charge in [-0.1, -0.05) is 25.0 Å². The van der Waals surface area contributed by atoms with Crippen LogP contribution in [0.3, 0.4) is 0 Å². The van der Waals surface area contributed by atoms with E-state index < -0.39 is 0 Å². The van der Waals surface area contributed by atoms with E-state index in [1.54, 1.807) is 18.3 Å². The molecule has 1 aliphatic rings. The number of benzene rings is 1. The summed E-state index contributed by atoms with van der Waals surface area (Å²) in [5.41, 5.74) is 0.977. The van der Waals surface area contributed by atoms with Crippen molar-refractivity contribution in [3.05, 3.63) is 41.8 Å². The van der Waals surface area contributed by atoms with Crippen molar-refractivity contribution in [3.63, 3.8) is 0 Å². The molecule has 0 unspecified atom stereocenters. The Balaban J connectivity index is 1.64. The van der Waals surface area contributed by atoms with Gasteiger partial charge in [-0.25, -0.2) is 4.39 Å². The van der Waals surface area contributed by atoms with E-state index in [9.17, 15) is 4.39 Å². The molecule has 0 aliphatic carbocycles. The van der Waals surface area contributed by atoms with Gasteiger partial charge in [-0.15, -0.1) is 5.10 Å². The average molecular weight is 301 g/mol. The predicted molar refractivity (Wildman–Crippen MR) is 84.2 cm³/mol. The van der Waals surface area contributed by atoms with Crippen molar-refractivity contribution < 1.29 is 4.39 Å².